The fraction of sp³-hybridized carbons (Fsp3) is 1.00. The molecule has 0 nitrogen and oxygen atoms in total. The van der Waals surface area contributed by atoms with Crippen LogP contribution < -0.4 is 0 Å². The summed E-state index contributed by atoms with van der Waals surface area (Å²) in [6.07, 6.45) is -8.39. The second-order valence-electron chi connectivity index (χ2n) is 3.01. The van der Waals surface area contributed by atoms with Crippen LogP contribution in [-0.2, 0) is 0 Å². The first-order chi connectivity index (χ1) is 6.46. The molecule has 0 unspecified atom stereocenters. The van der Waals surface area contributed by atoms with Gasteiger partial charge in [-0.25, -0.2) is 17.6 Å². The number of halogens is 8. The molecule has 0 rings (SSSR count). The fourth-order valence-electron chi connectivity index (χ4n) is 0.727. The quantitative estimate of drug-likeness (QED) is 0.642. The lowest BCUT2D eigenvalue weighted by atomic mass is 10.0. The van der Waals surface area contributed by atoms with Crippen molar-refractivity contribution >= 4 is 0 Å². The van der Waals surface area contributed by atoms with Crippen molar-refractivity contribution in [3.8, 4) is 0 Å². The number of hydrogen-bond acceptors (Lipinski definition) is 0. The van der Waals surface area contributed by atoms with Crippen LogP contribution in [0.3, 0.4) is 0 Å². The zero-order valence-electron chi connectivity index (χ0n) is 7.52. The van der Waals surface area contributed by atoms with Crippen LogP contribution >= 0.6 is 0 Å². The van der Waals surface area contributed by atoms with E-state index in [0.717, 1.165) is 6.92 Å². The summed E-state index contributed by atoms with van der Waals surface area (Å²) in [7, 11) is 0. The van der Waals surface area contributed by atoms with Crippen molar-refractivity contribution in [1.29, 1.82) is 0 Å². The van der Waals surface area contributed by atoms with Crippen molar-refractivity contribution in [1.82, 2.24) is 0 Å². The van der Waals surface area contributed by atoms with Gasteiger partial charge in [-0.1, -0.05) is 6.92 Å². The van der Waals surface area contributed by atoms with E-state index < -0.39 is 37.0 Å². The Balaban J connectivity index is 4.83. The molecule has 0 aliphatic rings. The van der Waals surface area contributed by atoms with E-state index in [-0.39, 0.29) is 0 Å². The highest BCUT2D eigenvalue weighted by Crippen LogP contribution is 2.45. The molecule has 0 aromatic rings. The molecule has 8 heteroatoms. The van der Waals surface area contributed by atoms with Gasteiger partial charge in [0.05, 0.1) is 6.42 Å². The Morgan fingerprint density at radius 1 is 0.933 bits per heavy atom. The van der Waals surface area contributed by atoms with E-state index >= 15 is 0 Å². The van der Waals surface area contributed by atoms with Crippen LogP contribution in [0, 0.1) is 0 Å². The van der Waals surface area contributed by atoms with Gasteiger partial charge >= 0.3 is 18.3 Å². The fourth-order valence-corrected chi connectivity index (χ4v) is 0.727. The van der Waals surface area contributed by atoms with Crippen LogP contribution in [0.4, 0.5) is 35.1 Å². The minimum atomic E-state index is -5.74. The van der Waals surface area contributed by atoms with Gasteiger partial charge in [-0.3, -0.25) is 0 Å². The molecule has 0 spiro atoms. The summed E-state index contributed by atoms with van der Waals surface area (Å²) in [5.41, 5.74) is 0. The molecular formula is C7H8F8. The van der Waals surface area contributed by atoms with E-state index in [1.54, 1.807) is 0 Å². The van der Waals surface area contributed by atoms with Crippen molar-refractivity contribution in [2.45, 2.75) is 44.0 Å². The topological polar surface area (TPSA) is 0 Å². The number of alkyl halides is 8. The lowest BCUT2D eigenvalue weighted by Gasteiger charge is -2.28. The predicted octanol–water partition coefficient (Wildman–Crippen LogP) is 3.96. The Kier molecular flexibility index (Phi) is 3.98. The summed E-state index contributed by atoms with van der Waals surface area (Å²) in [5.74, 6) is -15.3. The molecular weight excluding hydrogens is 236 g/mol. The lowest BCUT2D eigenvalue weighted by molar-refractivity contribution is -0.282. The van der Waals surface area contributed by atoms with Crippen LogP contribution in [0.25, 0.3) is 0 Å². The van der Waals surface area contributed by atoms with Gasteiger partial charge in [-0.15, -0.1) is 0 Å². The van der Waals surface area contributed by atoms with E-state index in [1.807, 2.05) is 0 Å². The normalized spacial score (nSPS) is 14.8. The van der Waals surface area contributed by atoms with Gasteiger partial charge in [-0.2, -0.15) is 17.6 Å². The first-order valence-electron chi connectivity index (χ1n) is 3.88. The highest BCUT2D eigenvalue weighted by molar-refractivity contribution is 4.90. The Hall–Kier alpha value is -0.560. The van der Waals surface area contributed by atoms with E-state index in [0.29, 0.717) is 0 Å². The third-order valence-corrected chi connectivity index (χ3v) is 1.76. The zero-order valence-corrected chi connectivity index (χ0v) is 7.52. The average molecular weight is 244 g/mol. The largest absolute Gasteiger partial charge is 0.369 e. The van der Waals surface area contributed by atoms with Crippen LogP contribution in [0.1, 0.15) is 19.8 Å². The molecule has 0 N–H and O–H groups in total. The predicted molar refractivity (Wildman–Crippen MR) is 35.8 cm³/mol. The summed E-state index contributed by atoms with van der Waals surface area (Å²) in [6.45, 7) is 0.788. The van der Waals surface area contributed by atoms with Crippen LogP contribution in [0.2, 0.25) is 0 Å². The Bertz CT molecular complexity index is 209. The second kappa shape index (κ2) is 4.13. The highest BCUT2D eigenvalue weighted by atomic mass is 19.3. The molecule has 0 fully saturated rings. The van der Waals surface area contributed by atoms with Crippen molar-refractivity contribution in [2.24, 2.45) is 0 Å². The molecule has 0 amide bonds. The zero-order chi connectivity index (χ0) is 12.5. The molecule has 0 aliphatic carbocycles. The molecule has 0 heterocycles. The molecule has 0 bridgehead atoms. The first kappa shape index (κ1) is 14.4. The summed E-state index contributed by atoms with van der Waals surface area (Å²) < 4.78 is 97.0. The van der Waals surface area contributed by atoms with Crippen molar-refractivity contribution in [3.63, 3.8) is 0 Å². The molecule has 0 saturated carbocycles. The van der Waals surface area contributed by atoms with Gasteiger partial charge < -0.3 is 0 Å². The number of hydrogen-bond donors (Lipinski definition) is 0. The first-order valence-corrected chi connectivity index (χ1v) is 3.88. The Morgan fingerprint density at radius 2 is 1.33 bits per heavy atom. The molecule has 0 atom stereocenters. The Morgan fingerprint density at radius 3 is 1.60 bits per heavy atom. The monoisotopic (exact) mass is 244 g/mol. The van der Waals surface area contributed by atoms with E-state index in [2.05, 4.69) is 0 Å². The Labute approximate surface area is 80.3 Å². The van der Waals surface area contributed by atoms with Gasteiger partial charge in [0, 0.05) is 6.42 Å². The minimum Gasteiger partial charge on any atom is -0.207 e. The summed E-state index contributed by atoms with van der Waals surface area (Å²) in [6, 6.07) is 0. The van der Waals surface area contributed by atoms with E-state index in [4.69, 9.17) is 0 Å². The molecule has 0 aromatic heterocycles. The molecule has 92 valence electrons. The van der Waals surface area contributed by atoms with Crippen molar-refractivity contribution < 1.29 is 35.1 Å². The third kappa shape index (κ3) is 3.20. The average Bonchev–Trinajstić information content (AvgIpc) is 2.02. The van der Waals surface area contributed by atoms with Gasteiger partial charge in [0.1, 0.15) is 0 Å². The molecule has 0 aromatic carbocycles. The molecule has 0 saturated heterocycles. The third-order valence-electron chi connectivity index (χ3n) is 1.76. The van der Waals surface area contributed by atoms with Crippen LogP contribution in [-0.4, -0.2) is 24.2 Å². The van der Waals surface area contributed by atoms with Gasteiger partial charge in [0.25, 0.3) is 5.92 Å². The molecule has 15 heavy (non-hydrogen) atoms. The second-order valence-corrected chi connectivity index (χ2v) is 3.01. The van der Waals surface area contributed by atoms with Gasteiger partial charge in [0.2, 0.25) is 0 Å². The van der Waals surface area contributed by atoms with Crippen molar-refractivity contribution in [3.05, 3.63) is 0 Å². The SMILES string of the molecule is CCC(F)(F)CC(F)(F)C(F)(F)C(F)F. The highest BCUT2D eigenvalue weighted by Gasteiger charge is 2.65. The maximum absolute atomic E-state index is 12.4. The smallest absolute Gasteiger partial charge is 0.207 e. The van der Waals surface area contributed by atoms with Crippen LogP contribution in [0.15, 0.2) is 0 Å². The van der Waals surface area contributed by atoms with Gasteiger partial charge in [0.15, 0.2) is 0 Å². The van der Waals surface area contributed by atoms with E-state index in [9.17, 15) is 35.1 Å². The van der Waals surface area contributed by atoms with Gasteiger partial charge in [-0.05, 0) is 0 Å². The standard InChI is InChI=1S/C7H8F8/c1-2-5(10,11)3-6(12,13)7(14,15)4(8)9/h4H,2-3H2,1H3. The van der Waals surface area contributed by atoms with Crippen LogP contribution in [0.5, 0.6) is 0 Å². The maximum atomic E-state index is 12.4. The summed E-state index contributed by atoms with van der Waals surface area (Å²) in [5, 5.41) is 0. The van der Waals surface area contributed by atoms with Crippen molar-refractivity contribution in [2.75, 3.05) is 0 Å². The summed E-state index contributed by atoms with van der Waals surface area (Å²) in [4.78, 5) is 0. The minimum absolute atomic E-state index is 0.788. The summed E-state index contributed by atoms with van der Waals surface area (Å²) >= 11 is 0. The maximum Gasteiger partial charge on any atom is 0.369 e. The molecule has 0 radical (unpaired) electrons. The van der Waals surface area contributed by atoms with E-state index in [1.165, 1.54) is 0 Å². The lowest BCUT2D eigenvalue weighted by Crippen LogP contribution is -2.49. The molecule has 0 aliphatic heterocycles. The number of rotatable bonds is 5.